The molecule has 0 fully saturated rings. The van der Waals surface area contributed by atoms with E-state index >= 15 is 0 Å². The average molecular weight is 373 g/mol. The minimum Gasteiger partial charge on any atom is -0.465 e. The van der Waals surface area contributed by atoms with Crippen molar-refractivity contribution in [3.05, 3.63) is 63.7 Å². The van der Waals surface area contributed by atoms with Crippen molar-refractivity contribution in [2.45, 2.75) is 0 Å². The van der Waals surface area contributed by atoms with Gasteiger partial charge in [-0.1, -0.05) is 0 Å². The molecule has 2 rings (SSSR count). The molecule has 140 valence electrons. The van der Waals surface area contributed by atoms with E-state index in [1.165, 1.54) is 43.5 Å². The van der Waals surface area contributed by atoms with E-state index in [-0.39, 0.29) is 11.3 Å². The standard InChI is InChI=1S/C17H15N3O7/c1-26-16(22)10-2-5-12(6-3-10)19-15(21)9-27-17(23)11-4-7-13(18)14(8-11)20(24)25/h2-8H,9,18H2,1H3,(H,19,21). The van der Waals surface area contributed by atoms with Crippen LogP contribution >= 0.6 is 0 Å². The van der Waals surface area contributed by atoms with Gasteiger partial charge in [0.15, 0.2) is 6.61 Å². The van der Waals surface area contributed by atoms with Gasteiger partial charge < -0.3 is 20.5 Å². The summed E-state index contributed by atoms with van der Waals surface area (Å²) in [5.74, 6) is -2.05. The Balaban J connectivity index is 1.93. The van der Waals surface area contributed by atoms with Crippen LogP contribution in [0.5, 0.6) is 0 Å². The van der Waals surface area contributed by atoms with Crippen molar-refractivity contribution in [2.75, 3.05) is 24.8 Å². The van der Waals surface area contributed by atoms with Gasteiger partial charge in [-0.05, 0) is 36.4 Å². The Hall–Kier alpha value is -3.95. The molecular formula is C17H15N3O7. The zero-order valence-electron chi connectivity index (χ0n) is 14.1. The summed E-state index contributed by atoms with van der Waals surface area (Å²) in [5, 5.41) is 13.3. The fraction of sp³-hybridized carbons (Fsp3) is 0.118. The molecule has 0 bridgehead atoms. The number of ether oxygens (including phenoxy) is 2. The first-order valence-corrected chi connectivity index (χ1v) is 7.51. The number of carbonyl (C=O) groups is 3. The molecule has 0 saturated carbocycles. The van der Waals surface area contributed by atoms with E-state index in [2.05, 4.69) is 10.1 Å². The third kappa shape index (κ3) is 5.01. The van der Waals surface area contributed by atoms with E-state index in [4.69, 9.17) is 10.5 Å². The first-order valence-electron chi connectivity index (χ1n) is 7.51. The van der Waals surface area contributed by atoms with Crippen LogP contribution in [0.4, 0.5) is 17.1 Å². The lowest BCUT2D eigenvalue weighted by molar-refractivity contribution is -0.383. The second-order valence-electron chi connectivity index (χ2n) is 5.22. The quantitative estimate of drug-likeness (QED) is 0.336. The predicted molar refractivity (Wildman–Crippen MR) is 94.2 cm³/mol. The van der Waals surface area contributed by atoms with Crippen LogP contribution in [0.25, 0.3) is 0 Å². The van der Waals surface area contributed by atoms with Crippen LogP contribution in [0.15, 0.2) is 42.5 Å². The molecule has 0 aromatic heterocycles. The first kappa shape index (κ1) is 19.4. The molecular weight excluding hydrogens is 358 g/mol. The van der Waals surface area contributed by atoms with Gasteiger partial charge in [0.25, 0.3) is 11.6 Å². The van der Waals surface area contributed by atoms with E-state index in [0.29, 0.717) is 11.3 Å². The molecule has 2 aromatic carbocycles. The number of benzene rings is 2. The maximum Gasteiger partial charge on any atom is 0.338 e. The Bertz CT molecular complexity index is 894. The van der Waals surface area contributed by atoms with Gasteiger partial charge in [0.1, 0.15) is 5.69 Å². The minimum absolute atomic E-state index is 0.0929. The second-order valence-corrected chi connectivity index (χ2v) is 5.22. The van der Waals surface area contributed by atoms with E-state index in [1.54, 1.807) is 0 Å². The molecule has 0 aliphatic carbocycles. The number of nitrogens with two attached hydrogens (primary N) is 1. The number of methoxy groups -OCH3 is 1. The highest BCUT2D eigenvalue weighted by Crippen LogP contribution is 2.22. The number of hydrogen-bond donors (Lipinski definition) is 2. The molecule has 0 aliphatic heterocycles. The summed E-state index contributed by atoms with van der Waals surface area (Å²) in [7, 11) is 1.25. The van der Waals surface area contributed by atoms with Crippen LogP contribution < -0.4 is 11.1 Å². The SMILES string of the molecule is COC(=O)c1ccc(NC(=O)COC(=O)c2ccc(N)c([N+](=O)[O-])c2)cc1. The summed E-state index contributed by atoms with van der Waals surface area (Å²) >= 11 is 0. The Morgan fingerprint density at radius 1 is 1.07 bits per heavy atom. The van der Waals surface area contributed by atoms with Crippen LogP contribution in [0.2, 0.25) is 0 Å². The van der Waals surface area contributed by atoms with Crippen LogP contribution in [0.3, 0.4) is 0 Å². The highest BCUT2D eigenvalue weighted by molar-refractivity contribution is 5.96. The Morgan fingerprint density at radius 2 is 1.70 bits per heavy atom. The molecule has 0 saturated heterocycles. The van der Waals surface area contributed by atoms with E-state index < -0.39 is 35.1 Å². The largest absolute Gasteiger partial charge is 0.465 e. The van der Waals surface area contributed by atoms with Crippen LogP contribution in [0.1, 0.15) is 20.7 Å². The average Bonchev–Trinajstić information content (AvgIpc) is 2.66. The minimum atomic E-state index is -0.908. The smallest absolute Gasteiger partial charge is 0.338 e. The fourth-order valence-corrected chi connectivity index (χ4v) is 2.05. The molecule has 0 aliphatic rings. The lowest BCUT2D eigenvalue weighted by Crippen LogP contribution is -2.21. The van der Waals surface area contributed by atoms with Crippen molar-refractivity contribution in [1.29, 1.82) is 0 Å². The van der Waals surface area contributed by atoms with Crippen LogP contribution in [-0.4, -0.2) is 36.5 Å². The molecule has 3 N–H and O–H groups in total. The highest BCUT2D eigenvalue weighted by Gasteiger charge is 2.17. The highest BCUT2D eigenvalue weighted by atomic mass is 16.6. The van der Waals surface area contributed by atoms with Gasteiger partial charge in [-0.3, -0.25) is 14.9 Å². The monoisotopic (exact) mass is 373 g/mol. The number of hydrogen-bond acceptors (Lipinski definition) is 8. The van der Waals surface area contributed by atoms with E-state index in [9.17, 15) is 24.5 Å². The normalized spacial score (nSPS) is 9.96. The second kappa shape index (κ2) is 8.43. The number of anilines is 2. The van der Waals surface area contributed by atoms with Crippen molar-refractivity contribution in [1.82, 2.24) is 0 Å². The maximum absolute atomic E-state index is 11.9. The van der Waals surface area contributed by atoms with Gasteiger partial charge in [0.2, 0.25) is 0 Å². The summed E-state index contributed by atoms with van der Waals surface area (Å²) in [6.07, 6.45) is 0. The van der Waals surface area contributed by atoms with Crippen LogP contribution in [0, 0.1) is 10.1 Å². The first-order chi connectivity index (χ1) is 12.8. The van der Waals surface area contributed by atoms with Crippen LogP contribution in [-0.2, 0) is 14.3 Å². The molecule has 10 heteroatoms. The summed E-state index contributed by atoms with van der Waals surface area (Å²) in [4.78, 5) is 45.2. The van der Waals surface area contributed by atoms with Gasteiger partial charge in [-0.15, -0.1) is 0 Å². The van der Waals surface area contributed by atoms with Gasteiger partial charge in [-0.2, -0.15) is 0 Å². The number of nitrogens with zero attached hydrogens (tertiary/aromatic N) is 1. The zero-order valence-corrected chi connectivity index (χ0v) is 14.1. The van der Waals surface area contributed by atoms with Crippen molar-refractivity contribution >= 4 is 34.9 Å². The van der Waals surface area contributed by atoms with E-state index in [0.717, 1.165) is 6.07 Å². The Morgan fingerprint density at radius 3 is 2.30 bits per heavy atom. The van der Waals surface area contributed by atoms with Crippen molar-refractivity contribution in [3.8, 4) is 0 Å². The molecule has 0 spiro atoms. The third-order valence-electron chi connectivity index (χ3n) is 3.39. The number of nitro groups is 1. The van der Waals surface area contributed by atoms with Gasteiger partial charge >= 0.3 is 11.9 Å². The summed E-state index contributed by atoms with van der Waals surface area (Å²) in [6.45, 7) is -0.601. The predicted octanol–water partition coefficient (Wildman–Crippen LogP) is 1.76. The molecule has 0 atom stereocenters. The van der Waals surface area contributed by atoms with Gasteiger partial charge in [0, 0.05) is 11.8 Å². The number of carbonyl (C=O) groups excluding carboxylic acids is 3. The van der Waals surface area contributed by atoms with Gasteiger partial charge in [0.05, 0.1) is 23.2 Å². The van der Waals surface area contributed by atoms with Crippen molar-refractivity contribution in [3.63, 3.8) is 0 Å². The summed E-state index contributed by atoms with van der Waals surface area (Å²) < 4.78 is 9.39. The topological polar surface area (TPSA) is 151 Å². The molecule has 27 heavy (non-hydrogen) atoms. The van der Waals surface area contributed by atoms with Crippen molar-refractivity contribution < 1.29 is 28.8 Å². The maximum atomic E-state index is 11.9. The number of rotatable bonds is 6. The number of nitrogen functional groups attached to an aromatic ring is 1. The van der Waals surface area contributed by atoms with Gasteiger partial charge in [-0.25, -0.2) is 9.59 Å². The Labute approximate surface area is 153 Å². The van der Waals surface area contributed by atoms with Crippen molar-refractivity contribution in [2.24, 2.45) is 0 Å². The lowest BCUT2D eigenvalue weighted by atomic mass is 10.2. The molecule has 0 heterocycles. The number of nitro benzene ring substituents is 1. The molecule has 0 radical (unpaired) electrons. The Kier molecular flexibility index (Phi) is 6.05. The molecule has 10 nitrogen and oxygen atoms in total. The van der Waals surface area contributed by atoms with E-state index in [1.807, 2.05) is 0 Å². The lowest BCUT2D eigenvalue weighted by Gasteiger charge is -2.07. The molecule has 1 amide bonds. The number of nitrogens with one attached hydrogen (secondary N) is 1. The number of esters is 2. The third-order valence-corrected chi connectivity index (χ3v) is 3.39. The fourth-order valence-electron chi connectivity index (χ4n) is 2.05. The number of amides is 1. The zero-order chi connectivity index (χ0) is 20.0. The molecule has 2 aromatic rings. The molecule has 0 unspecified atom stereocenters. The summed E-state index contributed by atoms with van der Waals surface area (Å²) in [6, 6.07) is 9.32. The summed E-state index contributed by atoms with van der Waals surface area (Å²) in [5.41, 5.74) is 5.51.